The van der Waals surface area contributed by atoms with Gasteiger partial charge in [-0.05, 0) is 61.7 Å². The topological polar surface area (TPSA) is 82.1 Å². The summed E-state index contributed by atoms with van der Waals surface area (Å²) in [4.78, 5) is 9.00. The van der Waals surface area contributed by atoms with E-state index in [0.717, 1.165) is 42.0 Å². The van der Waals surface area contributed by atoms with Crippen molar-refractivity contribution in [1.29, 1.82) is 0 Å². The molecule has 4 N–H and O–H groups in total. The maximum atomic E-state index is 9.52. The fourth-order valence-corrected chi connectivity index (χ4v) is 3.81. The van der Waals surface area contributed by atoms with Crippen LogP contribution in [0.4, 0.5) is 11.6 Å². The molecule has 0 aliphatic carbocycles. The zero-order valence-electron chi connectivity index (χ0n) is 16.7. The lowest BCUT2D eigenvalue weighted by Gasteiger charge is -2.25. The molecule has 7 heteroatoms. The van der Waals surface area contributed by atoms with E-state index in [1.165, 1.54) is 12.8 Å². The van der Waals surface area contributed by atoms with Crippen molar-refractivity contribution in [3.05, 3.63) is 65.3 Å². The highest BCUT2D eigenvalue weighted by Crippen LogP contribution is 2.24. The zero-order chi connectivity index (χ0) is 20.8. The molecule has 0 saturated carbocycles. The second-order valence-electron chi connectivity index (χ2n) is 7.50. The minimum Gasteiger partial charge on any atom is -0.506 e. The Balaban J connectivity index is 1.39. The predicted molar refractivity (Wildman–Crippen MR) is 122 cm³/mol. The van der Waals surface area contributed by atoms with E-state index in [9.17, 15) is 5.11 Å². The third-order valence-corrected chi connectivity index (χ3v) is 5.49. The van der Waals surface area contributed by atoms with Crippen LogP contribution in [0.5, 0.6) is 5.75 Å². The van der Waals surface area contributed by atoms with Crippen LogP contribution < -0.4 is 16.0 Å². The number of benzene rings is 2. The Morgan fingerprint density at radius 3 is 2.93 bits per heavy atom. The molecule has 6 nitrogen and oxygen atoms in total. The lowest BCUT2D eigenvalue weighted by atomic mass is 10.1. The summed E-state index contributed by atoms with van der Waals surface area (Å²) < 4.78 is 0. The molecule has 1 aliphatic rings. The molecule has 1 aliphatic heterocycles. The summed E-state index contributed by atoms with van der Waals surface area (Å²) >= 11 is 5.97. The lowest BCUT2D eigenvalue weighted by Crippen LogP contribution is -2.38. The molecule has 1 fully saturated rings. The summed E-state index contributed by atoms with van der Waals surface area (Å²) in [6, 6.07) is 16.0. The number of piperidine rings is 1. The van der Waals surface area contributed by atoms with Crippen LogP contribution in [0.25, 0.3) is 11.3 Å². The molecule has 0 bridgehead atoms. The van der Waals surface area contributed by atoms with Gasteiger partial charge in [0.15, 0.2) is 0 Å². The van der Waals surface area contributed by atoms with Gasteiger partial charge in [-0.25, -0.2) is 9.97 Å². The summed E-state index contributed by atoms with van der Waals surface area (Å²) in [5.74, 6) is 0.688. The lowest BCUT2D eigenvalue weighted by molar-refractivity contribution is 0.475. The number of anilines is 2. The van der Waals surface area contributed by atoms with Crippen molar-refractivity contribution in [1.82, 2.24) is 15.3 Å². The SMILES string of the molecule is Oc1ccc(CCNc2nccc(-c3cccc(NC4CCCNC4)c3)n2)cc1Cl. The Morgan fingerprint density at radius 2 is 2.10 bits per heavy atom. The van der Waals surface area contributed by atoms with Crippen LogP contribution in [0.15, 0.2) is 54.7 Å². The van der Waals surface area contributed by atoms with Gasteiger partial charge < -0.3 is 21.1 Å². The fraction of sp³-hybridized carbons (Fsp3) is 0.304. The highest BCUT2D eigenvalue weighted by Gasteiger charge is 2.12. The van der Waals surface area contributed by atoms with Gasteiger partial charge in [0.2, 0.25) is 5.95 Å². The standard InChI is InChI=1S/C23H26ClN5O/c24-20-13-16(6-7-22(20)30)8-11-26-23-27-12-9-21(29-23)17-3-1-4-18(14-17)28-19-5-2-10-25-15-19/h1,3-4,6-7,9,12-14,19,25,28,30H,2,5,8,10-11,15H2,(H,26,27,29). The van der Waals surface area contributed by atoms with E-state index in [-0.39, 0.29) is 5.75 Å². The molecule has 2 aromatic carbocycles. The number of rotatable bonds is 7. The molecule has 30 heavy (non-hydrogen) atoms. The largest absolute Gasteiger partial charge is 0.506 e. The molecule has 0 amide bonds. The van der Waals surface area contributed by atoms with Gasteiger partial charge in [-0.1, -0.05) is 29.8 Å². The van der Waals surface area contributed by atoms with E-state index < -0.39 is 0 Å². The number of hydrogen-bond acceptors (Lipinski definition) is 6. The molecule has 3 aromatic rings. The van der Waals surface area contributed by atoms with Gasteiger partial charge in [0.05, 0.1) is 10.7 Å². The first-order valence-electron chi connectivity index (χ1n) is 10.3. The Labute approximate surface area is 181 Å². The van der Waals surface area contributed by atoms with Crippen molar-refractivity contribution in [3.8, 4) is 17.0 Å². The molecule has 1 aromatic heterocycles. The average molecular weight is 424 g/mol. The molecular weight excluding hydrogens is 398 g/mol. The van der Waals surface area contributed by atoms with Crippen molar-refractivity contribution in [2.45, 2.75) is 25.3 Å². The van der Waals surface area contributed by atoms with Crippen molar-refractivity contribution < 1.29 is 5.11 Å². The van der Waals surface area contributed by atoms with E-state index in [4.69, 9.17) is 11.6 Å². The van der Waals surface area contributed by atoms with Crippen LogP contribution in [-0.2, 0) is 6.42 Å². The van der Waals surface area contributed by atoms with Gasteiger partial charge >= 0.3 is 0 Å². The third kappa shape index (κ3) is 5.40. The van der Waals surface area contributed by atoms with Crippen molar-refractivity contribution in [2.75, 3.05) is 30.3 Å². The first kappa shape index (κ1) is 20.4. The molecule has 156 valence electrons. The average Bonchev–Trinajstić information content (AvgIpc) is 2.77. The van der Waals surface area contributed by atoms with Crippen LogP contribution in [0.3, 0.4) is 0 Å². The number of nitrogens with one attached hydrogen (secondary N) is 3. The van der Waals surface area contributed by atoms with Crippen LogP contribution in [-0.4, -0.2) is 40.8 Å². The number of halogens is 1. The Morgan fingerprint density at radius 1 is 1.17 bits per heavy atom. The molecule has 2 heterocycles. The minimum atomic E-state index is 0.0980. The Bertz CT molecular complexity index is 991. The van der Waals surface area contributed by atoms with Crippen LogP contribution in [0.1, 0.15) is 18.4 Å². The smallest absolute Gasteiger partial charge is 0.223 e. The molecule has 1 saturated heterocycles. The van der Waals surface area contributed by atoms with E-state index in [1.54, 1.807) is 18.3 Å². The van der Waals surface area contributed by atoms with Gasteiger partial charge in [-0.2, -0.15) is 0 Å². The number of aromatic nitrogens is 2. The van der Waals surface area contributed by atoms with Gasteiger partial charge in [-0.3, -0.25) is 0 Å². The van der Waals surface area contributed by atoms with E-state index in [0.29, 0.717) is 23.6 Å². The summed E-state index contributed by atoms with van der Waals surface area (Å²) in [5.41, 5.74) is 4.08. The molecule has 4 rings (SSSR count). The summed E-state index contributed by atoms with van der Waals surface area (Å²) in [7, 11) is 0. The maximum Gasteiger partial charge on any atom is 0.223 e. The Hall–Kier alpha value is -2.83. The van der Waals surface area contributed by atoms with Gasteiger partial charge in [-0.15, -0.1) is 0 Å². The van der Waals surface area contributed by atoms with Crippen LogP contribution >= 0.6 is 11.6 Å². The van der Waals surface area contributed by atoms with Crippen molar-refractivity contribution in [2.24, 2.45) is 0 Å². The molecule has 0 spiro atoms. The first-order valence-corrected chi connectivity index (χ1v) is 10.7. The number of aromatic hydroxyl groups is 1. The Kier molecular flexibility index (Phi) is 6.67. The van der Waals surface area contributed by atoms with Crippen LogP contribution in [0, 0.1) is 0 Å². The number of nitrogens with zero attached hydrogens (tertiary/aromatic N) is 2. The molecule has 1 atom stereocenters. The van der Waals surface area contributed by atoms with Gasteiger partial charge in [0, 0.05) is 36.6 Å². The highest BCUT2D eigenvalue weighted by atomic mass is 35.5. The monoisotopic (exact) mass is 423 g/mol. The fourth-order valence-electron chi connectivity index (χ4n) is 3.61. The molecular formula is C23H26ClN5O. The summed E-state index contributed by atoms with van der Waals surface area (Å²) in [6.07, 6.45) is 4.91. The quantitative estimate of drug-likeness (QED) is 0.453. The number of phenols is 1. The van der Waals surface area contributed by atoms with E-state index in [2.05, 4.69) is 50.2 Å². The van der Waals surface area contributed by atoms with Crippen molar-refractivity contribution in [3.63, 3.8) is 0 Å². The number of phenolic OH excluding ortho intramolecular Hbond substituents is 1. The second kappa shape index (κ2) is 9.78. The van der Waals surface area contributed by atoms with Gasteiger partial charge in [0.1, 0.15) is 5.75 Å². The van der Waals surface area contributed by atoms with Crippen molar-refractivity contribution >= 4 is 23.2 Å². The first-order chi connectivity index (χ1) is 14.7. The van der Waals surface area contributed by atoms with E-state index >= 15 is 0 Å². The normalized spacial score (nSPS) is 16.2. The third-order valence-electron chi connectivity index (χ3n) is 5.19. The molecule has 1 unspecified atom stereocenters. The maximum absolute atomic E-state index is 9.52. The zero-order valence-corrected chi connectivity index (χ0v) is 17.5. The van der Waals surface area contributed by atoms with E-state index in [1.807, 2.05) is 12.1 Å². The van der Waals surface area contributed by atoms with Crippen LogP contribution in [0.2, 0.25) is 5.02 Å². The summed E-state index contributed by atoms with van der Waals surface area (Å²) in [5, 5.41) is 20.2. The second-order valence-corrected chi connectivity index (χ2v) is 7.90. The summed E-state index contributed by atoms with van der Waals surface area (Å²) in [6.45, 7) is 2.77. The highest BCUT2D eigenvalue weighted by molar-refractivity contribution is 6.32. The minimum absolute atomic E-state index is 0.0980. The number of hydrogen-bond donors (Lipinski definition) is 4. The van der Waals surface area contributed by atoms with Gasteiger partial charge in [0.25, 0.3) is 0 Å². The predicted octanol–water partition coefficient (Wildman–Crippen LogP) is 4.32. The molecule has 0 radical (unpaired) electrons.